The van der Waals surface area contributed by atoms with Crippen molar-refractivity contribution in [1.29, 1.82) is 0 Å². The maximum atomic E-state index is 3.99. The first-order chi connectivity index (χ1) is 16.1. The number of allylic oxidation sites excluding steroid dienone is 16. The smallest absolute Gasteiger partial charge is 0.0996 e. The van der Waals surface area contributed by atoms with E-state index >= 15 is 0 Å². The molecule has 0 aliphatic rings. The van der Waals surface area contributed by atoms with Crippen LogP contribution < -0.4 is 0 Å². The van der Waals surface area contributed by atoms with Gasteiger partial charge in [-0.25, -0.2) is 0 Å². The zero-order valence-electron chi connectivity index (χ0n) is 21.6. The van der Waals surface area contributed by atoms with E-state index < -0.39 is 5.41 Å². The molecule has 1 unspecified atom stereocenters. The van der Waals surface area contributed by atoms with Crippen molar-refractivity contribution in [1.82, 2.24) is 0 Å². The van der Waals surface area contributed by atoms with E-state index in [-0.39, 0.29) is 5.31 Å². The van der Waals surface area contributed by atoms with Crippen LogP contribution in [0, 0.1) is 29.1 Å². The highest BCUT2D eigenvalue weighted by Crippen LogP contribution is 2.30. The Bertz CT molecular complexity index is 1060. The van der Waals surface area contributed by atoms with Crippen LogP contribution in [0.1, 0.15) is 34.1 Å². The quantitative estimate of drug-likeness (QED) is 0.160. The molecule has 0 radical (unpaired) electrons. The zero-order chi connectivity index (χ0) is 26.0. The first kappa shape index (κ1) is 30.3. The molecule has 0 aliphatic heterocycles. The molecule has 0 nitrogen and oxygen atoms in total. The molecule has 34 heavy (non-hydrogen) atoms. The molecule has 0 N–H and O–H groups in total. The van der Waals surface area contributed by atoms with Gasteiger partial charge in [0, 0.05) is 16.5 Å². The summed E-state index contributed by atoms with van der Waals surface area (Å²) in [6.07, 6.45) is 23.3. The van der Waals surface area contributed by atoms with Crippen molar-refractivity contribution >= 4 is 7.28 Å². The topological polar surface area (TPSA) is 0 Å². The molecule has 0 bridgehead atoms. The van der Waals surface area contributed by atoms with Gasteiger partial charge in [0.2, 0.25) is 0 Å². The van der Waals surface area contributed by atoms with Gasteiger partial charge < -0.3 is 0 Å². The lowest BCUT2D eigenvalue weighted by molar-refractivity contribution is 0.623. The molecule has 0 aromatic carbocycles. The van der Waals surface area contributed by atoms with E-state index in [1.807, 2.05) is 48.6 Å². The summed E-state index contributed by atoms with van der Waals surface area (Å²) in [7, 11) is 0.813. The van der Waals surface area contributed by atoms with Crippen LogP contribution >= 0.6 is 0 Å². The van der Waals surface area contributed by atoms with Crippen LogP contribution in [0.2, 0.25) is 5.31 Å². The molecule has 0 aromatic rings. The zero-order valence-corrected chi connectivity index (χ0v) is 21.6. The van der Waals surface area contributed by atoms with Crippen LogP contribution in [0.4, 0.5) is 0 Å². The third-order valence-corrected chi connectivity index (χ3v) is 5.34. The van der Waals surface area contributed by atoms with Crippen molar-refractivity contribution in [2.75, 3.05) is 0 Å². The van der Waals surface area contributed by atoms with Gasteiger partial charge in [-0.1, -0.05) is 143 Å². The molecule has 174 valence electrons. The summed E-state index contributed by atoms with van der Waals surface area (Å²) in [6.45, 7) is 31.6. The predicted molar refractivity (Wildman–Crippen MR) is 158 cm³/mol. The SMILES string of the molecule is C=C/C=C\C=C(\C#CC(C)(C)/C(C=C)=C/C=C(/C#CC(C)(B/C(C=C)=C/C=C)CC)C=C)C=C. The molecular weight excluding hydrogens is 407 g/mol. The Kier molecular flexibility index (Phi) is 14.3. The summed E-state index contributed by atoms with van der Waals surface area (Å²) in [5.41, 5.74) is 3.39. The second kappa shape index (κ2) is 16.0. The molecule has 0 aliphatic carbocycles. The Balaban J connectivity index is 6.06. The fourth-order valence-electron chi connectivity index (χ4n) is 2.85. The van der Waals surface area contributed by atoms with Crippen LogP contribution in [-0.2, 0) is 0 Å². The third kappa shape index (κ3) is 11.3. The third-order valence-electron chi connectivity index (χ3n) is 5.34. The Morgan fingerprint density at radius 1 is 0.706 bits per heavy atom. The highest BCUT2D eigenvalue weighted by atomic mass is 14.2. The Morgan fingerprint density at radius 3 is 1.82 bits per heavy atom. The summed E-state index contributed by atoms with van der Waals surface area (Å²) in [6, 6.07) is 0. The lowest BCUT2D eigenvalue weighted by atomic mass is 9.48. The van der Waals surface area contributed by atoms with Crippen molar-refractivity contribution in [2.24, 2.45) is 5.41 Å². The van der Waals surface area contributed by atoms with E-state index in [1.165, 1.54) is 0 Å². The molecule has 0 fully saturated rings. The van der Waals surface area contributed by atoms with Crippen molar-refractivity contribution in [2.45, 2.75) is 39.4 Å². The first-order valence-electron chi connectivity index (χ1n) is 11.4. The maximum Gasteiger partial charge on any atom is 0.178 e. The van der Waals surface area contributed by atoms with E-state index in [0.29, 0.717) is 0 Å². The Hall–Kier alpha value is -3.68. The van der Waals surface area contributed by atoms with E-state index in [4.69, 9.17) is 0 Å². The highest BCUT2D eigenvalue weighted by molar-refractivity contribution is 6.51. The van der Waals surface area contributed by atoms with Crippen molar-refractivity contribution in [3.05, 3.63) is 135 Å². The van der Waals surface area contributed by atoms with Gasteiger partial charge >= 0.3 is 0 Å². The average Bonchev–Trinajstić information content (AvgIpc) is 2.83. The fourth-order valence-corrected chi connectivity index (χ4v) is 2.85. The molecule has 0 saturated carbocycles. The normalized spacial score (nSPS) is 14.5. The average molecular weight is 446 g/mol. The van der Waals surface area contributed by atoms with E-state index in [2.05, 4.69) is 90.9 Å². The van der Waals surface area contributed by atoms with Gasteiger partial charge in [0.1, 0.15) is 0 Å². The summed E-state index contributed by atoms with van der Waals surface area (Å²) < 4.78 is 0. The van der Waals surface area contributed by atoms with Crippen LogP contribution in [-0.4, -0.2) is 7.28 Å². The van der Waals surface area contributed by atoms with Crippen LogP contribution in [0.25, 0.3) is 0 Å². The minimum absolute atomic E-state index is 0.172. The molecule has 0 aromatic heterocycles. The second-order valence-corrected chi connectivity index (χ2v) is 8.50. The molecule has 0 heterocycles. The maximum absolute atomic E-state index is 3.99. The molecule has 0 saturated heterocycles. The predicted octanol–water partition coefficient (Wildman–Crippen LogP) is 8.38. The van der Waals surface area contributed by atoms with Gasteiger partial charge in [-0.15, -0.1) is 0 Å². The summed E-state index contributed by atoms with van der Waals surface area (Å²) >= 11 is 0. The van der Waals surface area contributed by atoms with Crippen molar-refractivity contribution in [3.63, 3.8) is 0 Å². The van der Waals surface area contributed by atoms with Gasteiger partial charge in [0.05, 0.1) is 5.41 Å². The summed E-state index contributed by atoms with van der Waals surface area (Å²) in [5, 5.41) is -0.172. The van der Waals surface area contributed by atoms with Gasteiger partial charge in [0.15, 0.2) is 7.28 Å². The van der Waals surface area contributed by atoms with Crippen molar-refractivity contribution < 1.29 is 0 Å². The Labute approximate surface area is 210 Å². The monoisotopic (exact) mass is 446 g/mol. The molecule has 0 rings (SSSR count). The lowest BCUT2D eigenvalue weighted by Crippen LogP contribution is -2.15. The van der Waals surface area contributed by atoms with Crippen LogP contribution in [0.5, 0.6) is 0 Å². The van der Waals surface area contributed by atoms with E-state index in [0.717, 1.165) is 35.9 Å². The van der Waals surface area contributed by atoms with Gasteiger partial charge in [-0.2, -0.15) is 0 Å². The van der Waals surface area contributed by atoms with Crippen molar-refractivity contribution in [3.8, 4) is 23.7 Å². The first-order valence-corrected chi connectivity index (χ1v) is 11.4. The lowest BCUT2D eigenvalue weighted by Gasteiger charge is -2.21. The van der Waals surface area contributed by atoms with Gasteiger partial charge in [0.25, 0.3) is 0 Å². The molecule has 0 amide bonds. The summed E-state index contributed by atoms with van der Waals surface area (Å²) in [4.78, 5) is 0. The van der Waals surface area contributed by atoms with E-state index in [1.54, 1.807) is 24.3 Å². The fraction of sp³-hybridized carbons (Fsp3) is 0.212. The minimum Gasteiger partial charge on any atom is -0.0996 e. The molecule has 1 heteroatoms. The van der Waals surface area contributed by atoms with Gasteiger partial charge in [-0.3, -0.25) is 0 Å². The number of hydrogen-bond donors (Lipinski definition) is 0. The molecule has 1 atom stereocenters. The minimum atomic E-state index is -0.408. The highest BCUT2D eigenvalue weighted by Gasteiger charge is 2.22. The van der Waals surface area contributed by atoms with E-state index in [9.17, 15) is 0 Å². The molecular formula is C33H39B. The number of hydrogen-bond acceptors (Lipinski definition) is 0. The Morgan fingerprint density at radius 2 is 1.32 bits per heavy atom. The number of rotatable bonds is 12. The summed E-state index contributed by atoms with van der Waals surface area (Å²) in [5.74, 6) is 13.3. The standard InChI is InChI=1S/C33H39B/c1-11-18-19-21-28(13-3)24-26-32(8,9)30(15-5)23-22-29(14-4)25-27-33(10,17-7)34-31(16-6)20-12-2/h11-16,18-23,34H,1-6,17H2,7-10H3/b19-18-,28-21+,29-22+,30-23+,31-20+. The van der Waals surface area contributed by atoms with Crippen LogP contribution in [0.15, 0.2) is 135 Å². The van der Waals surface area contributed by atoms with Gasteiger partial charge in [-0.05, 0) is 38.0 Å². The second-order valence-electron chi connectivity index (χ2n) is 8.50. The van der Waals surface area contributed by atoms with Crippen LogP contribution in [0.3, 0.4) is 0 Å². The largest absolute Gasteiger partial charge is 0.178 e. The molecule has 0 spiro atoms.